The minimum absolute atomic E-state index is 0.0612. The maximum Gasteiger partial charge on any atom is 0.310 e. The van der Waals surface area contributed by atoms with Gasteiger partial charge in [0.25, 0.3) is 5.91 Å². The molecule has 0 aliphatic rings. The second-order valence-corrected chi connectivity index (χ2v) is 6.25. The molecular weight excluding hydrogens is 356 g/mol. The Kier molecular flexibility index (Phi) is 6.01. The summed E-state index contributed by atoms with van der Waals surface area (Å²) in [5.74, 6) is -0.304. The van der Waals surface area contributed by atoms with E-state index < -0.39 is 11.0 Å². The van der Waals surface area contributed by atoms with Crippen LogP contribution in [0, 0.1) is 10.1 Å². The fourth-order valence-corrected chi connectivity index (χ4v) is 2.86. The van der Waals surface area contributed by atoms with Gasteiger partial charge in [-0.3, -0.25) is 14.9 Å². The predicted octanol–water partition coefficient (Wildman–Crippen LogP) is 4.27. The summed E-state index contributed by atoms with van der Waals surface area (Å²) in [4.78, 5) is 23.4. The first-order chi connectivity index (χ1) is 13.6. The van der Waals surface area contributed by atoms with Crippen molar-refractivity contribution >= 4 is 11.6 Å². The van der Waals surface area contributed by atoms with E-state index in [0.29, 0.717) is 0 Å². The highest BCUT2D eigenvalue weighted by molar-refractivity contribution is 5.81. The molecule has 6 heteroatoms. The number of carbonyl (C=O) groups is 1. The molecule has 0 unspecified atom stereocenters. The molecule has 0 aromatic heterocycles. The topological polar surface area (TPSA) is 81.5 Å². The number of carbonyl (C=O) groups excluding carboxylic acids is 1. The van der Waals surface area contributed by atoms with E-state index in [4.69, 9.17) is 4.74 Å². The van der Waals surface area contributed by atoms with E-state index in [9.17, 15) is 14.9 Å². The van der Waals surface area contributed by atoms with Gasteiger partial charge in [0.2, 0.25) is 0 Å². The van der Waals surface area contributed by atoms with E-state index in [0.717, 1.165) is 11.1 Å². The van der Waals surface area contributed by atoms with Gasteiger partial charge < -0.3 is 10.1 Å². The maximum absolute atomic E-state index is 12.8. The van der Waals surface area contributed by atoms with E-state index in [1.165, 1.54) is 12.1 Å². The molecule has 1 atom stereocenters. The first-order valence-corrected chi connectivity index (χ1v) is 8.86. The first-order valence-electron chi connectivity index (χ1n) is 8.86. The van der Waals surface area contributed by atoms with Crippen LogP contribution in [0.1, 0.15) is 24.1 Å². The number of rotatable bonds is 7. The Balaban J connectivity index is 1.80. The number of nitro benzene ring substituents is 1. The second kappa shape index (κ2) is 8.81. The molecule has 3 rings (SSSR count). The highest BCUT2D eigenvalue weighted by Gasteiger charge is 2.24. The van der Waals surface area contributed by atoms with Gasteiger partial charge in [-0.25, -0.2) is 0 Å². The summed E-state index contributed by atoms with van der Waals surface area (Å²) in [6.45, 7) is 1.57. The number of nitro groups is 1. The average molecular weight is 376 g/mol. The van der Waals surface area contributed by atoms with Gasteiger partial charge in [-0.2, -0.15) is 0 Å². The summed E-state index contributed by atoms with van der Waals surface area (Å²) in [5.41, 5.74) is 1.68. The molecule has 0 aliphatic heterocycles. The van der Waals surface area contributed by atoms with Crippen LogP contribution in [0.15, 0.2) is 84.9 Å². The van der Waals surface area contributed by atoms with Crippen molar-refractivity contribution in [2.24, 2.45) is 0 Å². The maximum atomic E-state index is 12.8. The van der Waals surface area contributed by atoms with Crippen molar-refractivity contribution < 1.29 is 14.5 Å². The van der Waals surface area contributed by atoms with Crippen LogP contribution < -0.4 is 10.1 Å². The number of hydrogen-bond donors (Lipinski definition) is 1. The third kappa shape index (κ3) is 4.54. The molecule has 1 N–H and O–H groups in total. The Bertz CT molecular complexity index is 906. The Morgan fingerprint density at radius 3 is 1.93 bits per heavy atom. The van der Waals surface area contributed by atoms with Crippen LogP contribution in [-0.4, -0.2) is 16.9 Å². The summed E-state index contributed by atoms with van der Waals surface area (Å²) in [7, 11) is 0. The minimum atomic E-state index is -0.906. The van der Waals surface area contributed by atoms with E-state index >= 15 is 0 Å². The fraction of sp³-hybridized carbons (Fsp3) is 0.136. The molecule has 142 valence electrons. The zero-order chi connectivity index (χ0) is 19.9. The average Bonchev–Trinajstić information content (AvgIpc) is 2.73. The number of para-hydroxylation sites is 2. The van der Waals surface area contributed by atoms with Crippen LogP contribution in [0.3, 0.4) is 0 Å². The molecule has 0 aliphatic carbocycles. The Morgan fingerprint density at radius 2 is 1.39 bits per heavy atom. The Labute approximate surface area is 162 Å². The quantitative estimate of drug-likeness (QED) is 0.493. The molecular formula is C22H20N2O4. The number of hydrogen-bond acceptors (Lipinski definition) is 4. The van der Waals surface area contributed by atoms with E-state index in [1.54, 1.807) is 19.1 Å². The van der Waals surface area contributed by atoms with Crippen molar-refractivity contribution in [1.29, 1.82) is 0 Å². The summed E-state index contributed by atoms with van der Waals surface area (Å²) < 4.78 is 5.59. The van der Waals surface area contributed by atoms with Gasteiger partial charge in [-0.1, -0.05) is 72.8 Å². The van der Waals surface area contributed by atoms with Crippen LogP contribution in [0.4, 0.5) is 5.69 Å². The Morgan fingerprint density at radius 1 is 0.893 bits per heavy atom. The van der Waals surface area contributed by atoms with Crippen LogP contribution in [0.5, 0.6) is 5.75 Å². The van der Waals surface area contributed by atoms with Crippen molar-refractivity contribution in [2.75, 3.05) is 0 Å². The molecule has 0 fully saturated rings. The summed E-state index contributed by atoms with van der Waals surface area (Å²) in [5, 5.41) is 14.1. The molecule has 3 aromatic rings. The number of nitrogens with zero attached hydrogens (tertiary/aromatic N) is 1. The van der Waals surface area contributed by atoms with Crippen molar-refractivity contribution in [3.05, 3.63) is 106 Å². The molecule has 0 spiro atoms. The number of nitrogens with one attached hydrogen (secondary N) is 1. The van der Waals surface area contributed by atoms with Crippen LogP contribution in [-0.2, 0) is 4.79 Å². The van der Waals surface area contributed by atoms with Crippen molar-refractivity contribution in [3.63, 3.8) is 0 Å². The third-order valence-electron chi connectivity index (χ3n) is 4.29. The van der Waals surface area contributed by atoms with Crippen LogP contribution in [0.2, 0.25) is 0 Å². The van der Waals surface area contributed by atoms with Gasteiger partial charge in [0, 0.05) is 6.07 Å². The second-order valence-electron chi connectivity index (χ2n) is 6.25. The van der Waals surface area contributed by atoms with Crippen LogP contribution >= 0.6 is 0 Å². The van der Waals surface area contributed by atoms with Gasteiger partial charge >= 0.3 is 5.69 Å². The molecule has 6 nitrogen and oxygen atoms in total. The standard InChI is InChI=1S/C22H20N2O4/c1-16(28-20-15-9-8-14-19(20)24(26)27)22(25)23-21(17-10-4-2-5-11-17)18-12-6-3-7-13-18/h2-16,21H,1H3,(H,23,25)/t16-/m0/s1. The zero-order valence-corrected chi connectivity index (χ0v) is 15.3. The molecule has 0 saturated carbocycles. The number of benzene rings is 3. The minimum Gasteiger partial charge on any atom is -0.474 e. The lowest BCUT2D eigenvalue weighted by Gasteiger charge is -2.22. The van der Waals surface area contributed by atoms with Gasteiger partial charge in [-0.05, 0) is 24.1 Å². The molecule has 28 heavy (non-hydrogen) atoms. The van der Waals surface area contributed by atoms with Gasteiger partial charge in [0.05, 0.1) is 11.0 Å². The van der Waals surface area contributed by atoms with Crippen molar-refractivity contribution in [2.45, 2.75) is 19.1 Å². The SMILES string of the molecule is C[C@H](Oc1ccccc1[N+](=O)[O-])C(=O)NC(c1ccccc1)c1ccccc1. The summed E-state index contributed by atoms with van der Waals surface area (Å²) in [6.07, 6.45) is -0.906. The third-order valence-corrected chi connectivity index (χ3v) is 4.29. The molecule has 1 amide bonds. The molecule has 0 heterocycles. The number of amides is 1. The molecule has 0 saturated heterocycles. The van der Waals surface area contributed by atoms with E-state index in [-0.39, 0.29) is 23.4 Å². The van der Waals surface area contributed by atoms with Crippen molar-refractivity contribution in [3.8, 4) is 5.75 Å². The van der Waals surface area contributed by atoms with E-state index in [2.05, 4.69) is 5.32 Å². The monoisotopic (exact) mass is 376 g/mol. The van der Waals surface area contributed by atoms with Crippen LogP contribution in [0.25, 0.3) is 0 Å². The van der Waals surface area contributed by atoms with Gasteiger partial charge in [0.15, 0.2) is 11.9 Å². The lowest BCUT2D eigenvalue weighted by molar-refractivity contribution is -0.386. The highest BCUT2D eigenvalue weighted by Crippen LogP contribution is 2.27. The molecule has 0 bridgehead atoms. The van der Waals surface area contributed by atoms with E-state index in [1.807, 2.05) is 60.7 Å². The lowest BCUT2D eigenvalue weighted by Crippen LogP contribution is -2.39. The largest absolute Gasteiger partial charge is 0.474 e. The Hall–Kier alpha value is -3.67. The highest BCUT2D eigenvalue weighted by atomic mass is 16.6. The van der Waals surface area contributed by atoms with Crippen molar-refractivity contribution in [1.82, 2.24) is 5.32 Å². The number of ether oxygens (including phenoxy) is 1. The normalized spacial score (nSPS) is 11.6. The van der Waals surface area contributed by atoms with Gasteiger partial charge in [-0.15, -0.1) is 0 Å². The smallest absolute Gasteiger partial charge is 0.310 e. The van der Waals surface area contributed by atoms with Gasteiger partial charge in [0.1, 0.15) is 0 Å². The lowest BCUT2D eigenvalue weighted by atomic mass is 9.98. The molecule has 3 aromatic carbocycles. The summed E-state index contributed by atoms with van der Waals surface area (Å²) >= 11 is 0. The zero-order valence-electron chi connectivity index (χ0n) is 15.3. The predicted molar refractivity (Wildman–Crippen MR) is 106 cm³/mol. The summed E-state index contributed by atoms with van der Waals surface area (Å²) in [6, 6.07) is 24.8. The molecule has 0 radical (unpaired) electrons. The first kappa shape index (κ1) is 19.1. The fourth-order valence-electron chi connectivity index (χ4n) is 2.86.